The van der Waals surface area contributed by atoms with Crippen molar-refractivity contribution in [1.82, 2.24) is 9.71 Å². The largest absolute Gasteiger partial charge is 0.411 e. The molecule has 1 fully saturated rings. The first-order valence-corrected chi connectivity index (χ1v) is 8.52. The maximum atomic E-state index is 5.79. The minimum Gasteiger partial charge on any atom is -0.411 e. The van der Waals surface area contributed by atoms with Gasteiger partial charge in [0, 0.05) is 24.0 Å². The van der Waals surface area contributed by atoms with Gasteiger partial charge in [0.05, 0.1) is 5.52 Å². The molecule has 3 aromatic rings. The number of rotatable bonds is 2. The summed E-state index contributed by atoms with van der Waals surface area (Å²) in [5.41, 5.74) is 1.06. The van der Waals surface area contributed by atoms with Crippen molar-refractivity contribution >= 4 is 10.9 Å². The number of nitrogens with zero attached hydrogens (tertiary/aromatic N) is 2. The average molecular weight is 308 g/mol. The van der Waals surface area contributed by atoms with Crippen molar-refractivity contribution in [2.24, 2.45) is 0 Å². The zero-order chi connectivity index (χ0) is 15.7. The second-order valence-electron chi connectivity index (χ2n) is 5.96. The van der Waals surface area contributed by atoms with E-state index in [4.69, 9.17) is 4.84 Å². The van der Waals surface area contributed by atoms with Crippen LogP contribution in [0.3, 0.4) is 0 Å². The fourth-order valence-corrected chi connectivity index (χ4v) is 2.92. The lowest BCUT2D eigenvalue weighted by Crippen LogP contribution is -2.23. The van der Waals surface area contributed by atoms with Gasteiger partial charge in [0.15, 0.2) is 0 Å². The molecule has 0 amide bonds. The molecule has 3 heteroatoms. The van der Waals surface area contributed by atoms with Gasteiger partial charge < -0.3 is 4.84 Å². The molecule has 4 rings (SSSR count). The monoisotopic (exact) mass is 308 g/mol. The molecule has 1 aliphatic carbocycles. The lowest BCUT2D eigenvalue weighted by atomic mass is 10.2. The highest BCUT2D eigenvalue weighted by Crippen LogP contribution is 2.18. The minimum atomic E-state index is 0.440. The first-order valence-electron chi connectivity index (χ1n) is 8.52. The van der Waals surface area contributed by atoms with Crippen molar-refractivity contribution in [2.45, 2.75) is 44.6 Å². The lowest BCUT2D eigenvalue weighted by molar-refractivity contribution is 0.0285. The van der Waals surface area contributed by atoms with Gasteiger partial charge in [-0.3, -0.25) is 4.98 Å². The van der Waals surface area contributed by atoms with Crippen LogP contribution in [0.1, 0.15) is 38.5 Å². The predicted octanol–water partition coefficient (Wildman–Crippen LogP) is 4.87. The van der Waals surface area contributed by atoms with E-state index in [9.17, 15) is 0 Å². The lowest BCUT2D eigenvalue weighted by Gasteiger charge is -2.16. The molecular formula is C20H24N2O. The topological polar surface area (TPSA) is 27.1 Å². The normalized spacial score (nSPS) is 15.5. The van der Waals surface area contributed by atoms with Crippen LogP contribution in [0, 0.1) is 0 Å². The number of benzene rings is 1. The van der Waals surface area contributed by atoms with Crippen LogP contribution in [0.2, 0.25) is 0 Å². The molecule has 120 valence electrons. The highest BCUT2D eigenvalue weighted by atomic mass is 16.7. The summed E-state index contributed by atoms with van der Waals surface area (Å²) in [6, 6.07) is 16.1. The van der Waals surface area contributed by atoms with Crippen LogP contribution in [-0.2, 0) is 0 Å². The zero-order valence-electron chi connectivity index (χ0n) is 13.5. The molecule has 0 N–H and O–H groups in total. The van der Waals surface area contributed by atoms with Gasteiger partial charge in [0.25, 0.3) is 0 Å². The molecule has 0 bridgehead atoms. The van der Waals surface area contributed by atoms with Gasteiger partial charge in [-0.25, -0.2) is 0 Å². The fourth-order valence-electron chi connectivity index (χ4n) is 2.92. The van der Waals surface area contributed by atoms with E-state index in [-0.39, 0.29) is 0 Å². The molecule has 23 heavy (non-hydrogen) atoms. The number of pyridine rings is 1. The second kappa shape index (κ2) is 8.37. The van der Waals surface area contributed by atoms with Gasteiger partial charge in [0.2, 0.25) is 0 Å². The van der Waals surface area contributed by atoms with Crippen molar-refractivity contribution in [1.29, 1.82) is 0 Å². The summed E-state index contributed by atoms with van der Waals surface area (Å²) in [5.74, 6) is 0. The first kappa shape index (κ1) is 15.6. The van der Waals surface area contributed by atoms with Crippen molar-refractivity contribution in [3.05, 3.63) is 67.1 Å². The Labute approximate surface area is 137 Å². The molecule has 3 nitrogen and oxygen atoms in total. The molecule has 0 aliphatic heterocycles. The highest BCUT2D eigenvalue weighted by Gasteiger charge is 2.13. The minimum absolute atomic E-state index is 0.440. The summed E-state index contributed by atoms with van der Waals surface area (Å²) in [5, 5.41) is 1.20. The van der Waals surface area contributed by atoms with E-state index in [0.717, 1.165) is 5.52 Å². The molecule has 1 aliphatic rings. The molecule has 1 saturated carbocycles. The van der Waals surface area contributed by atoms with E-state index in [1.807, 2.05) is 59.7 Å². The van der Waals surface area contributed by atoms with E-state index < -0.39 is 0 Å². The maximum absolute atomic E-state index is 5.79. The van der Waals surface area contributed by atoms with Crippen LogP contribution < -0.4 is 4.84 Å². The Morgan fingerprint density at radius 3 is 2.26 bits per heavy atom. The number of fused-ring (bicyclic) bond motifs is 1. The van der Waals surface area contributed by atoms with Gasteiger partial charge in [0.1, 0.15) is 6.10 Å². The molecule has 2 aromatic heterocycles. The Kier molecular flexibility index (Phi) is 5.68. The molecule has 1 aromatic carbocycles. The van der Waals surface area contributed by atoms with E-state index in [2.05, 4.69) is 17.1 Å². The SMILES string of the molecule is c1ccc2ncccc2c1.c1ccn(OC2CCCCCC2)c1. The summed E-state index contributed by atoms with van der Waals surface area (Å²) in [7, 11) is 0. The van der Waals surface area contributed by atoms with Crippen molar-refractivity contribution < 1.29 is 4.84 Å². The standard InChI is InChI=1S/C11H17NO.C9H7N/c1-2-4-8-11(7-3-1)13-12-9-5-6-10-12;1-2-6-9-8(4-1)5-3-7-10-9/h5-6,9-11H,1-4,7-8H2;1-7H. The first-order chi connectivity index (χ1) is 11.4. The molecule has 0 saturated heterocycles. The van der Waals surface area contributed by atoms with Gasteiger partial charge in [-0.2, -0.15) is 4.73 Å². The van der Waals surface area contributed by atoms with Crippen LogP contribution in [0.25, 0.3) is 10.9 Å². The van der Waals surface area contributed by atoms with Crippen LogP contribution >= 0.6 is 0 Å². The highest BCUT2D eigenvalue weighted by molar-refractivity contribution is 5.77. The molecule has 2 heterocycles. The van der Waals surface area contributed by atoms with Crippen molar-refractivity contribution in [2.75, 3.05) is 0 Å². The molecular weight excluding hydrogens is 284 g/mol. The van der Waals surface area contributed by atoms with Crippen molar-refractivity contribution in [3.63, 3.8) is 0 Å². The molecule has 0 atom stereocenters. The number of hydrogen-bond donors (Lipinski definition) is 0. The number of para-hydroxylation sites is 1. The Balaban J connectivity index is 0.000000140. The second-order valence-corrected chi connectivity index (χ2v) is 5.96. The Morgan fingerprint density at radius 2 is 1.52 bits per heavy atom. The van der Waals surface area contributed by atoms with Crippen molar-refractivity contribution in [3.8, 4) is 0 Å². The third-order valence-corrected chi connectivity index (χ3v) is 4.16. The van der Waals surface area contributed by atoms with Crippen LogP contribution in [0.15, 0.2) is 67.1 Å². The summed E-state index contributed by atoms with van der Waals surface area (Å²) in [6.07, 6.45) is 14.0. The van der Waals surface area contributed by atoms with E-state index in [0.29, 0.717) is 6.10 Å². The smallest absolute Gasteiger partial charge is 0.125 e. The number of hydrogen-bond acceptors (Lipinski definition) is 2. The predicted molar refractivity (Wildman–Crippen MR) is 94.2 cm³/mol. The quantitative estimate of drug-likeness (QED) is 0.631. The average Bonchev–Trinajstić information content (AvgIpc) is 2.98. The van der Waals surface area contributed by atoms with E-state index in [1.165, 1.54) is 43.9 Å². The van der Waals surface area contributed by atoms with E-state index in [1.54, 1.807) is 0 Å². The summed E-state index contributed by atoms with van der Waals surface area (Å²) < 4.78 is 1.83. The van der Waals surface area contributed by atoms with Crippen LogP contribution in [0.4, 0.5) is 0 Å². The third-order valence-electron chi connectivity index (χ3n) is 4.16. The Morgan fingerprint density at radius 1 is 0.826 bits per heavy atom. The third kappa shape index (κ3) is 4.85. The van der Waals surface area contributed by atoms with E-state index >= 15 is 0 Å². The molecule has 0 radical (unpaired) electrons. The zero-order valence-corrected chi connectivity index (χ0v) is 13.5. The van der Waals surface area contributed by atoms with Gasteiger partial charge in [-0.1, -0.05) is 37.1 Å². The Bertz CT molecular complexity index is 620. The fraction of sp³-hybridized carbons (Fsp3) is 0.350. The maximum Gasteiger partial charge on any atom is 0.125 e. The van der Waals surface area contributed by atoms with Gasteiger partial charge >= 0.3 is 0 Å². The summed E-state index contributed by atoms with van der Waals surface area (Å²) in [6.45, 7) is 0. The summed E-state index contributed by atoms with van der Waals surface area (Å²) in [4.78, 5) is 9.97. The van der Waals surface area contributed by atoms with Gasteiger partial charge in [-0.05, 0) is 49.9 Å². The number of aromatic nitrogens is 2. The molecule has 0 unspecified atom stereocenters. The summed E-state index contributed by atoms with van der Waals surface area (Å²) >= 11 is 0. The van der Waals surface area contributed by atoms with Crippen LogP contribution in [0.5, 0.6) is 0 Å². The molecule has 0 spiro atoms. The van der Waals surface area contributed by atoms with Gasteiger partial charge in [-0.15, -0.1) is 0 Å². The van der Waals surface area contributed by atoms with Crippen LogP contribution in [-0.4, -0.2) is 15.8 Å². The Hall–Kier alpha value is -2.29.